The van der Waals surface area contributed by atoms with Gasteiger partial charge in [0, 0.05) is 13.0 Å². The number of benzene rings is 1. The highest BCUT2D eigenvalue weighted by atomic mass is 16.5. The van der Waals surface area contributed by atoms with E-state index in [-0.39, 0.29) is 18.4 Å². The van der Waals surface area contributed by atoms with Gasteiger partial charge in [0.2, 0.25) is 5.91 Å². The van der Waals surface area contributed by atoms with Crippen LogP contribution in [0.4, 0.5) is 0 Å². The fourth-order valence-electron chi connectivity index (χ4n) is 3.04. The van der Waals surface area contributed by atoms with E-state index in [0.29, 0.717) is 13.0 Å². The number of carbonyl (C=O) groups excluding carboxylic acids is 1. The number of amides is 1. The third-order valence-electron chi connectivity index (χ3n) is 4.24. The molecule has 1 heterocycles. The van der Waals surface area contributed by atoms with Crippen LogP contribution in [0, 0.1) is 0 Å². The van der Waals surface area contributed by atoms with Gasteiger partial charge in [0.05, 0.1) is 12.5 Å². The number of aliphatic carboxylic acids is 1. The van der Waals surface area contributed by atoms with Gasteiger partial charge in [-0.2, -0.15) is 0 Å². The second-order valence-electron chi connectivity index (χ2n) is 5.47. The van der Waals surface area contributed by atoms with Gasteiger partial charge in [-0.1, -0.05) is 24.3 Å². The van der Waals surface area contributed by atoms with Gasteiger partial charge < -0.3 is 15.2 Å². The minimum atomic E-state index is -1.26. The lowest BCUT2D eigenvalue weighted by Crippen LogP contribution is -2.56. The van der Waals surface area contributed by atoms with Crippen molar-refractivity contribution in [3.63, 3.8) is 0 Å². The van der Waals surface area contributed by atoms with Crippen molar-refractivity contribution >= 4 is 11.9 Å². The topological polar surface area (TPSA) is 75.6 Å². The molecule has 3 rings (SSSR count). The van der Waals surface area contributed by atoms with Crippen molar-refractivity contribution in [2.45, 2.75) is 30.7 Å². The van der Waals surface area contributed by atoms with E-state index in [2.05, 4.69) is 5.32 Å². The summed E-state index contributed by atoms with van der Waals surface area (Å²) in [6.07, 6.45) is 1.93. The predicted molar refractivity (Wildman–Crippen MR) is 71.4 cm³/mol. The molecule has 1 aromatic carbocycles. The number of nitrogens with one attached hydrogen (secondary N) is 1. The molecule has 0 aromatic heterocycles. The van der Waals surface area contributed by atoms with Crippen LogP contribution in [0.25, 0.3) is 0 Å². The van der Waals surface area contributed by atoms with Crippen molar-refractivity contribution in [1.82, 2.24) is 5.32 Å². The van der Waals surface area contributed by atoms with Crippen LogP contribution in [0.15, 0.2) is 24.3 Å². The van der Waals surface area contributed by atoms with E-state index >= 15 is 0 Å². The van der Waals surface area contributed by atoms with E-state index in [1.807, 2.05) is 24.3 Å². The summed E-state index contributed by atoms with van der Waals surface area (Å²) in [4.78, 5) is 23.9. The number of aryl methyl sites for hydroxylation is 1. The van der Waals surface area contributed by atoms with Crippen LogP contribution < -0.4 is 5.32 Å². The Balaban J connectivity index is 1.79. The van der Waals surface area contributed by atoms with E-state index in [4.69, 9.17) is 4.74 Å². The van der Waals surface area contributed by atoms with Gasteiger partial charge in [0.15, 0.2) is 5.54 Å². The lowest BCUT2D eigenvalue weighted by molar-refractivity contribution is -0.147. The summed E-state index contributed by atoms with van der Waals surface area (Å²) in [7, 11) is 0. The standard InChI is InChI=1S/C15H17NO4/c17-13(16-15(14(18)19)7-8-20-9-15)12-6-5-10-3-1-2-4-11(10)12/h1-4,12H,5-9H2,(H,16,17)(H,18,19). The normalized spacial score (nSPS) is 28.1. The first kappa shape index (κ1) is 13.1. The molecule has 1 aromatic rings. The first-order valence-electron chi connectivity index (χ1n) is 6.83. The number of hydrogen-bond acceptors (Lipinski definition) is 3. The Bertz CT molecular complexity index is 549. The molecule has 0 saturated carbocycles. The summed E-state index contributed by atoms with van der Waals surface area (Å²) >= 11 is 0. The molecule has 2 N–H and O–H groups in total. The Kier molecular flexibility index (Phi) is 3.22. The summed E-state index contributed by atoms with van der Waals surface area (Å²) < 4.78 is 5.16. The summed E-state index contributed by atoms with van der Waals surface area (Å²) in [5.41, 5.74) is 0.943. The Labute approximate surface area is 116 Å². The molecular formula is C15H17NO4. The second kappa shape index (κ2) is 4.90. The van der Waals surface area contributed by atoms with E-state index in [9.17, 15) is 14.7 Å². The van der Waals surface area contributed by atoms with Crippen molar-refractivity contribution in [1.29, 1.82) is 0 Å². The summed E-state index contributed by atoms with van der Waals surface area (Å²) in [5, 5.41) is 12.1. The van der Waals surface area contributed by atoms with Crippen molar-refractivity contribution in [2.75, 3.05) is 13.2 Å². The molecular weight excluding hydrogens is 258 g/mol. The molecule has 0 spiro atoms. The fraction of sp³-hybridized carbons (Fsp3) is 0.467. The van der Waals surface area contributed by atoms with E-state index in [1.165, 1.54) is 5.56 Å². The second-order valence-corrected chi connectivity index (χ2v) is 5.47. The molecule has 106 valence electrons. The Morgan fingerprint density at radius 1 is 1.35 bits per heavy atom. The third-order valence-corrected chi connectivity index (χ3v) is 4.24. The highest BCUT2D eigenvalue weighted by Gasteiger charge is 2.45. The van der Waals surface area contributed by atoms with Gasteiger partial charge in [0.1, 0.15) is 0 Å². The van der Waals surface area contributed by atoms with Gasteiger partial charge in [-0.05, 0) is 24.0 Å². The van der Waals surface area contributed by atoms with Gasteiger partial charge in [0.25, 0.3) is 0 Å². The maximum atomic E-state index is 12.4. The fourth-order valence-corrected chi connectivity index (χ4v) is 3.04. The molecule has 0 radical (unpaired) electrons. The predicted octanol–water partition coefficient (Wildman–Crippen LogP) is 1.08. The van der Waals surface area contributed by atoms with E-state index < -0.39 is 11.5 Å². The summed E-state index contributed by atoms with van der Waals surface area (Å²) in [6, 6.07) is 7.85. The number of rotatable bonds is 3. The first-order chi connectivity index (χ1) is 9.62. The van der Waals surface area contributed by atoms with Crippen molar-refractivity contribution < 1.29 is 19.4 Å². The molecule has 20 heavy (non-hydrogen) atoms. The van der Waals surface area contributed by atoms with Crippen LogP contribution in [0.5, 0.6) is 0 Å². The zero-order valence-corrected chi connectivity index (χ0v) is 11.1. The van der Waals surface area contributed by atoms with Crippen LogP contribution in [-0.2, 0) is 20.7 Å². The lowest BCUT2D eigenvalue weighted by atomic mass is 9.95. The van der Waals surface area contributed by atoms with Crippen molar-refractivity contribution in [3.8, 4) is 0 Å². The number of carbonyl (C=O) groups is 2. The lowest BCUT2D eigenvalue weighted by Gasteiger charge is -2.25. The highest BCUT2D eigenvalue weighted by molar-refractivity contribution is 5.91. The molecule has 5 nitrogen and oxygen atoms in total. The maximum Gasteiger partial charge on any atom is 0.331 e. The number of carboxylic acids is 1. The van der Waals surface area contributed by atoms with Gasteiger partial charge in [-0.25, -0.2) is 4.79 Å². The average molecular weight is 275 g/mol. The van der Waals surface area contributed by atoms with Crippen molar-refractivity contribution in [2.24, 2.45) is 0 Å². The smallest absolute Gasteiger partial charge is 0.331 e. The molecule has 1 saturated heterocycles. The number of hydrogen-bond donors (Lipinski definition) is 2. The average Bonchev–Trinajstić information content (AvgIpc) is 3.05. The molecule has 1 aliphatic heterocycles. The number of carboxylic acid groups (broad SMARTS) is 1. The van der Waals surface area contributed by atoms with Crippen LogP contribution in [0.1, 0.15) is 29.9 Å². The molecule has 5 heteroatoms. The SMILES string of the molecule is O=C(NC1(C(=O)O)CCOC1)C1CCc2ccccc21. The van der Waals surface area contributed by atoms with Gasteiger partial charge in [-0.3, -0.25) is 4.79 Å². The van der Waals surface area contributed by atoms with Crippen LogP contribution in [0.3, 0.4) is 0 Å². The summed E-state index contributed by atoms with van der Waals surface area (Å²) in [5.74, 6) is -1.47. The van der Waals surface area contributed by atoms with Gasteiger partial charge >= 0.3 is 5.97 Å². The molecule has 0 bridgehead atoms. The molecule has 2 aliphatic rings. The monoisotopic (exact) mass is 275 g/mol. The number of ether oxygens (including phenoxy) is 1. The summed E-state index contributed by atoms with van der Waals surface area (Å²) in [6.45, 7) is 0.413. The maximum absolute atomic E-state index is 12.4. The Morgan fingerprint density at radius 3 is 2.85 bits per heavy atom. The van der Waals surface area contributed by atoms with Crippen LogP contribution in [0.2, 0.25) is 0 Å². The Morgan fingerprint density at radius 2 is 2.15 bits per heavy atom. The largest absolute Gasteiger partial charge is 0.479 e. The van der Waals surface area contributed by atoms with E-state index in [1.54, 1.807) is 0 Å². The first-order valence-corrected chi connectivity index (χ1v) is 6.83. The van der Waals surface area contributed by atoms with E-state index in [0.717, 1.165) is 18.4 Å². The minimum absolute atomic E-state index is 0.0441. The quantitative estimate of drug-likeness (QED) is 0.865. The molecule has 1 amide bonds. The van der Waals surface area contributed by atoms with Crippen molar-refractivity contribution in [3.05, 3.63) is 35.4 Å². The number of fused-ring (bicyclic) bond motifs is 1. The van der Waals surface area contributed by atoms with Crippen LogP contribution in [-0.4, -0.2) is 35.7 Å². The Hall–Kier alpha value is -1.88. The zero-order valence-electron chi connectivity index (χ0n) is 11.1. The minimum Gasteiger partial charge on any atom is -0.479 e. The third kappa shape index (κ3) is 2.08. The van der Waals surface area contributed by atoms with Gasteiger partial charge in [-0.15, -0.1) is 0 Å². The molecule has 1 fully saturated rings. The highest BCUT2D eigenvalue weighted by Crippen LogP contribution is 2.33. The van der Waals surface area contributed by atoms with Crippen LogP contribution >= 0.6 is 0 Å². The molecule has 2 unspecified atom stereocenters. The zero-order chi connectivity index (χ0) is 14.2. The molecule has 2 atom stereocenters. The molecule has 1 aliphatic carbocycles.